The molecule has 1 saturated carbocycles. The third kappa shape index (κ3) is 4.64. The summed E-state index contributed by atoms with van der Waals surface area (Å²) in [5.74, 6) is 0.725. The molecule has 1 aliphatic rings. The Hall–Kier alpha value is -2.26. The number of ether oxygens (including phenoxy) is 2. The lowest BCUT2D eigenvalue weighted by Crippen LogP contribution is -2.36. The molecule has 2 rings (SSSR count). The second-order valence-electron chi connectivity index (χ2n) is 5.33. The van der Waals surface area contributed by atoms with Gasteiger partial charge in [-0.25, -0.2) is 0 Å². The van der Waals surface area contributed by atoms with Crippen LogP contribution in [0.1, 0.15) is 18.4 Å². The number of hydrogen-bond acceptors (Lipinski definition) is 5. The summed E-state index contributed by atoms with van der Waals surface area (Å²) in [7, 11) is 3.57. The summed E-state index contributed by atoms with van der Waals surface area (Å²) in [6.45, 7) is 1.38. The Morgan fingerprint density at radius 2 is 2.23 bits per heavy atom. The first-order valence-corrected chi connectivity index (χ1v) is 7.32. The quantitative estimate of drug-likeness (QED) is 0.780. The number of nitrogens with one attached hydrogen (secondary N) is 1. The number of rotatable bonds is 8. The highest BCUT2D eigenvalue weighted by molar-refractivity contribution is 5.77. The molecule has 1 fully saturated rings. The van der Waals surface area contributed by atoms with Gasteiger partial charge >= 0.3 is 0 Å². The van der Waals surface area contributed by atoms with E-state index >= 15 is 0 Å². The summed E-state index contributed by atoms with van der Waals surface area (Å²) in [4.78, 5) is 14.0. The first-order valence-electron chi connectivity index (χ1n) is 7.32. The van der Waals surface area contributed by atoms with Crippen LogP contribution in [0.5, 0.6) is 11.5 Å². The van der Waals surface area contributed by atoms with Crippen molar-refractivity contribution in [1.29, 1.82) is 5.26 Å². The third-order valence-electron chi connectivity index (χ3n) is 3.61. The molecule has 0 aliphatic heterocycles. The predicted octanol–water partition coefficient (Wildman–Crippen LogP) is 1.16. The average Bonchev–Trinajstić information content (AvgIpc) is 3.37. The monoisotopic (exact) mass is 303 g/mol. The van der Waals surface area contributed by atoms with Crippen LogP contribution < -0.4 is 14.8 Å². The second-order valence-corrected chi connectivity index (χ2v) is 5.33. The molecule has 0 atom stereocenters. The summed E-state index contributed by atoms with van der Waals surface area (Å²) in [6.07, 6.45) is 2.51. The van der Waals surface area contributed by atoms with E-state index in [1.807, 2.05) is 6.07 Å². The van der Waals surface area contributed by atoms with Gasteiger partial charge in [0.15, 0.2) is 18.1 Å². The minimum atomic E-state index is -0.171. The van der Waals surface area contributed by atoms with Gasteiger partial charge in [0.2, 0.25) is 0 Å². The number of carbonyl (C=O) groups is 1. The average molecular weight is 303 g/mol. The Bertz CT molecular complexity index is 564. The van der Waals surface area contributed by atoms with Crippen LogP contribution in [0.2, 0.25) is 0 Å². The van der Waals surface area contributed by atoms with Crippen molar-refractivity contribution in [3.63, 3.8) is 0 Å². The van der Waals surface area contributed by atoms with Gasteiger partial charge in [0.1, 0.15) is 0 Å². The Labute approximate surface area is 130 Å². The highest BCUT2D eigenvalue weighted by Crippen LogP contribution is 2.27. The van der Waals surface area contributed by atoms with Crippen molar-refractivity contribution in [2.24, 2.45) is 0 Å². The molecule has 0 heterocycles. The fourth-order valence-corrected chi connectivity index (χ4v) is 2.12. The number of nitrogens with zero attached hydrogens (tertiary/aromatic N) is 2. The van der Waals surface area contributed by atoms with Crippen LogP contribution in [0.25, 0.3) is 0 Å². The van der Waals surface area contributed by atoms with Crippen LogP contribution >= 0.6 is 0 Å². The largest absolute Gasteiger partial charge is 0.493 e. The van der Waals surface area contributed by atoms with Crippen LogP contribution in [-0.2, 0) is 4.79 Å². The standard InChI is InChI=1S/C16H21N3O3/c1-19(13-4-5-13)8-7-18-16(20)11-22-14-6-3-12(10-17)9-15(14)21-2/h3,6,9,13H,4-5,7-8,11H2,1-2H3,(H,18,20). The molecular weight excluding hydrogens is 282 g/mol. The van der Waals surface area contributed by atoms with Gasteiger partial charge in [-0.05, 0) is 32.0 Å². The second kappa shape index (κ2) is 7.66. The van der Waals surface area contributed by atoms with E-state index in [9.17, 15) is 4.79 Å². The Morgan fingerprint density at radius 3 is 2.86 bits per heavy atom. The van der Waals surface area contributed by atoms with Crippen LogP contribution in [0.4, 0.5) is 0 Å². The van der Waals surface area contributed by atoms with Crippen molar-refractivity contribution in [2.45, 2.75) is 18.9 Å². The van der Waals surface area contributed by atoms with Crippen molar-refractivity contribution in [2.75, 3.05) is 33.9 Å². The van der Waals surface area contributed by atoms with Gasteiger partial charge in [-0.15, -0.1) is 0 Å². The number of likely N-dealkylation sites (N-methyl/N-ethyl adjacent to an activating group) is 1. The highest BCUT2D eigenvalue weighted by Gasteiger charge is 2.25. The van der Waals surface area contributed by atoms with Crippen LogP contribution in [0.3, 0.4) is 0 Å². The van der Waals surface area contributed by atoms with Gasteiger partial charge < -0.3 is 19.7 Å². The van der Waals surface area contributed by atoms with E-state index < -0.39 is 0 Å². The van der Waals surface area contributed by atoms with Gasteiger partial charge in [0, 0.05) is 25.2 Å². The van der Waals surface area contributed by atoms with Gasteiger partial charge in [-0.2, -0.15) is 5.26 Å². The zero-order chi connectivity index (χ0) is 15.9. The molecule has 1 N–H and O–H groups in total. The topological polar surface area (TPSA) is 74.6 Å². The molecule has 6 heteroatoms. The molecule has 6 nitrogen and oxygen atoms in total. The molecular formula is C16H21N3O3. The van der Waals surface area contributed by atoms with E-state index in [1.165, 1.54) is 20.0 Å². The minimum Gasteiger partial charge on any atom is -0.493 e. The van der Waals surface area contributed by atoms with Crippen LogP contribution in [0, 0.1) is 11.3 Å². The maximum absolute atomic E-state index is 11.8. The summed E-state index contributed by atoms with van der Waals surface area (Å²) >= 11 is 0. The number of methoxy groups -OCH3 is 1. The number of benzene rings is 1. The number of hydrogen-bond donors (Lipinski definition) is 1. The molecule has 0 bridgehead atoms. The molecule has 118 valence electrons. The molecule has 0 radical (unpaired) electrons. The smallest absolute Gasteiger partial charge is 0.257 e. The fraction of sp³-hybridized carbons (Fsp3) is 0.500. The molecule has 0 saturated heterocycles. The van der Waals surface area contributed by atoms with E-state index in [4.69, 9.17) is 14.7 Å². The maximum Gasteiger partial charge on any atom is 0.257 e. The molecule has 1 aliphatic carbocycles. The van der Waals surface area contributed by atoms with E-state index in [-0.39, 0.29) is 12.5 Å². The molecule has 0 aromatic heterocycles. The lowest BCUT2D eigenvalue weighted by Gasteiger charge is -2.16. The van der Waals surface area contributed by atoms with Gasteiger partial charge in [0.25, 0.3) is 5.91 Å². The van der Waals surface area contributed by atoms with Crippen molar-refractivity contribution in [3.05, 3.63) is 23.8 Å². The van der Waals surface area contributed by atoms with Gasteiger partial charge in [0.05, 0.1) is 18.7 Å². The van der Waals surface area contributed by atoms with Crippen LogP contribution in [-0.4, -0.2) is 50.7 Å². The summed E-state index contributed by atoms with van der Waals surface area (Å²) < 4.78 is 10.6. The maximum atomic E-state index is 11.8. The zero-order valence-electron chi connectivity index (χ0n) is 13.0. The third-order valence-corrected chi connectivity index (χ3v) is 3.61. The van der Waals surface area contributed by atoms with Gasteiger partial charge in [-0.1, -0.05) is 0 Å². The molecule has 1 aromatic carbocycles. The Kier molecular flexibility index (Phi) is 5.61. The minimum absolute atomic E-state index is 0.0740. The number of carbonyl (C=O) groups excluding carboxylic acids is 1. The van der Waals surface area contributed by atoms with Crippen molar-refractivity contribution >= 4 is 5.91 Å². The summed E-state index contributed by atoms with van der Waals surface area (Å²) in [5.41, 5.74) is 0.483. The molecule has 22 heavy (non-hydrogen) atoms. The first kappa shape index (κ1) is 16.1. The highest BCUT2D eigenvalue weighted by atomic mass is 16.5. The molecule has 1 amide bonds. The van der Waals surface area contributed by atoms with Crippen molar-refractivity contribution in [3.8, 4) is 17.6 Å². The molecule has 0 spiro atoms. The SMILES string of the molecule is COc1cc(C#N)ccc1OCC(=O)NCCN(C)C1CC1. The lowest BCUT2D eigenvalue weighted by atomic mass is 10.2. The lowest BCUT2D eigenvalue weighted by molar-refractivity contribution is -0.123. The summed E-state index contributed by atoms with van der Waals surface area (Å²) in [6, 6.07) is 7.55. The molecule has 1 aromatic rings. The normalized spacial score (nSPS) is 13.5. The number of amides is 1. The van der Waals surface area contributed by atoms with E-state index in [1.54, 1.807) is 18.2 Å². The van der Waals surface area contributed by atoms with E-state index in [0.29, 0.717) is 29.6 Å². The van der Waals surface area contributed by atoms with E-state index in [0.717, 1.165) is 6.54 Å². The first-order chi connectivity index (χ1) is 10.6. The summed E-state index contributed by atoms with van der Waals surface area (Å²) in [5, 5.41) is 11.7. The van der Waals surface area contributed by atoms with Crippen molar-refractivity contribution < 1.29 is 14.3 Å². The van der Waals surface area contributed by atoms with E-state index in [2.05, 4.69) is 17.3 Å². The predicted molar refractivity (Wildman–Crippen MR) is 81.9 cm³/mol. The van der Waals surface area contributed by atoms with Crippen LogP contribution in [0.15, 0.2) is 18.2 Å². The van der Waals surface area contributed by atoms with Gasteiger partial charge in [-0.3, -0.25) is 4.79 Å². The molecule has 0 unspecified atom stereocenters. The fourth-order valence-electron chi connectivity index (χ4n) is 2.12. The Balaban J connectivity index is 1.74. The van der Waals surface area contributed by atoms with Crippen molar-refractivity contribution in [1.82, 2.24) is 10.2 Å². The Morgan fingerprint density at radius 1 is 1.45 bits per heavy atom. The zero-order valence-corrected chi connectivity index (χ0v) is 13.0. The number of nitriles is 1.